The molecule has 1 aliphatic heterocycles. The van der Waals surface area contributed by atoms with Crippen molar-refractivity contribution in [3.05, 3.63) is 19.1 Å². The summed E-state index contributed by atoms with van der Waals surface area (Å²) in [7, 11) is 1.93. The fraction of sp³-hybridized carbons (Fsp3) is 0.571. The van der Waals surface area contributed by atoms with Gasteiger partial charge in [-0.2, -0.15) is 0 Å². The second-order valence-electron chi connectivity index (χ2n) is 2.10. The van der Waals surface area contributed by atoms with Crippen molar-refractivity contribution < 1.29 is 17.1 Å². The zero-order chi connectivity index (χ0) is 7.40. The molecule has 0 atom stereocenters. The van der Waals surface area contributed by atoms with Crippen LogP contribution in [0.1, 0.15) is 6.92 Å². The fourth-order valence-electron chi connectivity index (χ4n) is 0.711. The van der Waals surface area contributed by atoms with E-state index in [2.05, 4.69) is 6.67 Å². The van der Waals surface area contributed by atoms with Gasteiger partial charge in [-0.05, 0) is 6.92 Å². The molecule has 11 heavy (non-hydrogen) atoms. The average molecular weight is 176 g/mol. The summed E-state index contributed by atoms with van der Waals surface area (Å²) in [6.45, 7) is 6.34. The van der Waals surface area contributed by atoms with Crippen LogP contribution in [-0.4, -0.2) is 30.2 Å². The van der Waals surface area contributed by atoms with E-state index in [4.69, 9.17) is 4.74 Å². The standard InChI is InChI=1S/C7H12N2O.ClH/c1-3-10-7-9-5-4-8(2)6-9;/h4-5H,3,7H2,1-2H3;1H/q+1;/p-1. The van der Waals surface area contributed by atoms with Gasteiger partial charge in [0.25, 0.3) is 0 Å². The third-order valence-corrected chi connectivity index (χ3v) is 1.19. The van der Waals surface area contributed by atoms with Crippen LogP contribution in [0.5, 0.6) is 0 Å². The Bertz CT molecular complexity index is 130. The maximum absolute atomic E-state index is 5.15. The van der Waals surface area contributed by atoms with E-state index in [1.165, 1.54) is 0 Å². The van der Waals surface area contributed by atoms with Gasteiger partial charge < -0.3 is 17.1 Å². The van der Waals surface area contributed by atoms with Gasteiger partial charge in [-0.15, -0.1) is 9.80 Å². The Morgan fingerprint density at radius 1 is 1.45 bits per heavy atom. The highest BCUT2D eigenvalue weighted by Crippen LogP contribution is 2.07. The van der Waals surface area contributed by atoms with E-state index in [0.29, 0.717) is 6.73 Å². The Morgan fingerprint density at radius 2 is 2.18 bits per heavy atom. The average Bonchev–Trinajstić information content (AvgIpc) is 2.31. The summed E-state index contributed by atoms with van der Waals surface area (Å²) in [5.41, 5.74) is 0. The summed E-state index contributed by atoms with van der Waals surface area (Å²) in [5.74, 6) is 0. The first-order valence-electron chi connectivity index (χ1n) is 3.34. The zero-order valence-electron chi connectivity index (χ0n) is 6.75. The monoisotopic (exact) mass is 175 g/mol. The Morgan fingerprint density at radius 3 is 2.64 bits per heavy atom. The molecule has 0 aliphatic carbocycles. The lowest BCUT2D eigenvalue weighted by Crippen LogP contribution is -3.00. The van der Waals surface area contributed by atoms with Crippen LogP contribution in [0.25, 0.3) is 0 Å². The SMILES string of the molecule is CCOCN1[C+]N(C)C=C1.[Cl-]. The molecule has 0 saturated heterocycles. The molecule has 1 radical (unpaired) electrons. The van der Waals surface area contributed by atoms with Gasteiger partial charge in [0.2, 0.25) is 0 Å². The molecule has 0 amide bonds. The Labute approximate surface area is 74.0 Å². The molecule has 0 saturated carbocycles. The number of rotatable bonds is 3. The molecule has 3 nitrogen and oxygen atoms in total. The van der Waals surface area contributed by atoms with Crippen molar-refractivity contribution in [1.82, 2.24) is 9.80 Å². The number of hydrogen-bond donors (Lipinski definition) is 0. The smallest absolute Gasteiger partial charge is 0.566 e. The quantitative estimate of drug-likeness (QED) is 0.449. The first kappa shape index (κ1) is 10.5. The number of hydrogen-bond acceptors (Lipinski definition) is 3. The molecular weight excluding hydrogens is 164 g/mol. The van der Waals surface area contributed by atoms with Crippen molar-refractivity contribution in [3.63, 3.8) is 0 Å². The highest BCUT2D eigenvalue weighted by Gasteiger charge is 2.27. The van der Waals surface area contributed by atoms with E-state index >= 15 is 0 Å². The van der Waals surface area contributed by atoms with E-state index in [-0.39, 0.29) is 12.4 Å². The molecule has 0 bridgehead atoms. The van der Waals surface area contributed by atoms with Gasteiger partial charge in [0.1, 0.15) is 0 Å². The second-order valence-corrected chi connectivity index (χ2v) is 2.10. The Balaban J connectivity index is 0.000001000. The predicted octanol–water partition coefficient (Wildman–Crippen LogP) is -2.30. The van der Waals surface area contributed by atoms with Gasteiger partial charge in [0, 0.05) is 6.61 Å². The van der Waals surface area contributed by atoms with E-state index in [9.17, 15) is 0 Å². The first-order valence-corrected chi connectivity index (χ1v) is 3.34. The van der Waals surface area contributed by atoms with Crippen molar-refractivity contribution in [2.75, 3.05) is 20.4 Å². The van der Waals surface area contributed by atoms with Crippen molar-refractivity contribution in [1.29, 1.82) is 0 Å². The van der Waals surface area contributed by atoms with Gasteiger partial charge in [0.05, 0.1) is 19.4 Å². The van der Waals surface area contributed by atoms with Crippen LogP contribution in [-0.2, 0) is 4.74 Å². The molecule has 0 spiro atoms. The zero-order valence-corrected chi connectivity index (χ0v) is 7.51. The number of halogens is 1. The second kappa shape index (κ2) is 5.16. The number of nitrogens with zero attached hydrogens (tertiary/aromatic N) is 2. The van der Waals surface area contributed by atoms with E-state index in [1.807, 2.05) is 36.2 Å². The molecule has 0 aromatic carbocycles. The van der Waals surface area contributed by atoms with Gasteiger partial charge in [-0.25, -0.2) is 0 Å². The van der Waals surface area contributed by atoms with Crippen LogP contribution in [0.15, 0.2) is 12.4 Å². The first-order chi connectivity index (χ1) is 4.83. The van der Waals surface area contributed by atoms with Crippen molar-refractivity contribution in [2.45, 2.75) is 6.92 Å². The predicted molar refractivity (Wildman–Crippen MR) is 38.5 cm³/mol. The Hall–Kier alpha value is -0.540. The lowest BCUT2D eigenvalue weighted by Gasteiger charge is -2.00. The molecule has 1 aliphatic rings. The van der Waals surface area contributed by atoms with Crippen molar-refractivity contribution >= 4 is 0 Å². The van der Waals surface area contributed by atoms with Crippen LogP contribution in [0.2, 0.25) is 0 Å². The summed E-state index contributed by atoms with van der Waals surface area (Å²) in [6, 6.07) is 0. The minimum Gasteiger partial charge on any atom is -1.00 e. The fourth-order valence-corrected chi connectivity index (χ4v) is 0.711. The lowest BCUT2D eigenvalue weighted by atomic mass is 10.8. The Kier molecular flexibility index (Phi) is 4.90. The van der Waals surface area contributed by atoms with Gasteiger partial charge >= 0.3 is 6.67 Å². The van der Waals surface area contributed by atoms with E-state index < -0.39 is 0 Å². The maximum atomic E-state index is 5.15. The highest BCUT2D eigenvalue weighted by atomic mass is 35.5. The molecule has 0 aromatic heterocycles. The molecule has 0 N–H and O–H groups in total. The molecule has 4 heteroatoms. The maximum Gasteiger partial charge on any atom is 0.566 e. The molecule has 0 unspecified atom stereocenters. The van der Waals surface area contributed by atoms with Crippen LogP contribution >= 0.6 is 0 Å². The van der Waals surface area contributed by atoms with Crippen molar-refractivity contribution in [3.8, 4) is 0 Å². The normalized spacial score (nSPS) is 14.7. The van der Waals surface area contributed by atoms with Gasteiger partial charge in [0.15, 0.2) is 6.73 Å². The molecule has 0 aromatic rings. The molecule has 1 heterocycles. The van der Waals surface area contributed by atoms with Crippen LogP contribution in [0, 0.1) is 6.67 Å². The minimum absolute atomic E-state index is 0. The third kappa shape index (κ3) is 3.39. The summed E-state index contributed by atoms with van der Waals surface area (Å²) >= 11 is 0. The van der Waals surface area contributed by atoms with Gasteiger partial charge in [-0.1, -0.05) is 0 Å². The largest absolute Gasteiger partial charge is 1.00 e. The summed E-state index contributed by atoms with van der Waals surface area (Å²) in [5, 5.41) is 0. The van der Waals surface area contributed by atoms with Crippen LogP contribution in [0.4, 0.5) is 0 Å². The summed E-state index contributed by atoms with van der Waals surface area (Å²) in [6.07, 6.45) is 3.86. The van der Waals surface area contributed by atoms with Crippen LogP contribution in [0.3, 0.4) is 0 Å². The summed E-state index contributed by atoms with van der Waals surface area (Å²) in [4.78, 5) is 3.72. The molecule has 0 fully saturated rings. The molecule has 63 valence electrons. The topological polar surface area (TPSA) is 15.7 Å². The molecular formula is C7H12ClN2O. The van der Waals surface area contributed by atoms with E-state index in [0.717, 1.165) is 6.61 Å². The van der Waals surface area contributed by atoms with Gasteiger partial charge in [-0.3, -0.25) is 0 Å². The number of ether oxygens (including phenoxy) is 1. The highest BCUT2D eigenvalue weighted by molar-refractivity contribution is 4.93. The van der Waals surface area contributed by atoms with Crippen LogP contribution < -0.4 is 12.4 Å². The molecule has 1 rings (SSSR count). The lowest BCUT2D eigenvalue weighted by molar-refractivity contribution is -0.00000350. The van der Waals surface area contributed by atoms with E-state index in [1.54, 1.807) is 0 Å². The third-order valence-electron chi connectivity index (χ3n) is 1.19. The summed E-state index contributed by atoms with van der Waals surface area (Å²) < 4.78 is 5.15. The minimum atomic E-state index is 0. The van der Waals surface area contributed by atoms with Crippen molar-refractivity contribution in [2.24, 2.45) is 0 Å².